The monoisotopic (exact) mass is 777 g/mol. The molecule has 5 heterocycles. The zero-order chi connectivity index (χ0) is 39.1. The molecule has 0 aromatic rings. The van der Waals surface area contributed by atoms with Crippen LogP contribution in [0.4, 0.5) is 0 Å². The van der Waals surface area contributed by atoms with Gasteiger partial charge in [0.1, 0.15) is 36.8 Å². The molecule has 6 atom stereocenters. The van der Waals surface area contributed by atoms with Crippen molar-refractivity contribution >= 4 is 65.9 Å². The van der Waals surface area contributed by atoms with Gasteiger partial charge in [-0.15, -0.1) is 0 Å². The fourth-order valence-corrected chi connectivity index (χ4v) is 8.43. The second kappa shape index (κ2) is 18.2. The number of nitrogens with zero attached hydrogens (tertiary/aromatic N) is 5. The highest BCUT2D eigenvalue weighted by Gasteiger charge is 2.44. The summed E-state index contributed by atoms with van der Waals surface area (Å²) in [7, 11) is 0. The first kappa shape index (κ1) is 40.7. The van der Waals surface area contributed by atoms with Crippen LogP contribution in [-0.4, -0.2) is 177 Å². The van der Waals surface area contributed by atoms with Crippen LogP contribution < -0.4 is 21.7 Å². The molecule has 8 amide bonds. The minimum absolute atomic E-state index is 0.134. The van der Waals surface area contributed by atoms with E-state index in [9.17, 15) is 43.2 Å². The van der Waals surface area contributed by atoms with Gasteiger partial charge in [-0.05, 0) is 64.2 Å². The van der Waals surface area contributed by atoms with Crippen molar-refractivity contribution in [2.45, 2.75) is 100 Å². The van der Waals surface area contributed by atoms with Crippen LogP contribution in [0.3, 0.4) is 0 Å². The molecule has 5 fully saturated rings. The number of rotatable bonds is 13. The summed E-state index contributed by atoms with van der Waals surface area (Å²) in [6.07, 6.45) is 4.78. The summed E-state index contributed by atoms with van der Waals surface area (Å²) in [6, 6.07) is -4.91. The van der Waals surface area contributed by atoms with Crippen molar-refractivity contribution < 1.29 is 48.3 Å². The number of carbonyl (C=O) groups is 9. The number of hydrogen-bond donors (Lipinski definition) is 6. The predicted octanol–water partition coefficient (Wildman–Crippen LogP) is -3.37. The molecular weight excluding hydrogens is 726 g/mol. The van der Waals surface area contributed by atoms with Gasteiger partial charge in [0, 0.05) is 38.5 Å². The number of thiol groups is 1. The Balaban J connectivity index is 1.12. The molecule has 0 bridgehead atoms. The van der Waals surface area contributed by atoms with Gasteiger partial charge in [-0.25, -0.2) is 0 Å². The van der Waals surface area contributed by atoms with Gasteiger partial charge >= 0.3 is 5.97 Å². The van der Waals surface area contributed by atoms with Crippen molar-refractivity contribution in [3.05, 3.63) is 0 Å². The van der Waals surface area contributed by atoms with Crippen molar-refractivity contribution in [1.29, 1.82) is 0 Å². The molecule has 0 aliphatic carbocycles. The Kier molecular flexibility index (Phi) is 13.8. The number of likely N-dealkylation sites (tertiary alicyclic amines) is 5. The van der Waals surface area contributed by atoms with Crippen molar-refractivity contribution in [2.75, 3.05) is 58.1 Å². The molecule has 5 aliphatic rings. The third kappa shape index (κ3) is 9.07. The van der Waals surface area contributed by atoms with E-state index in [1.54, 1.807) is 0 Å². The minimum atomic E-state index is -1.20. The number of nitrogens with one attached hydrogen (secondary N) is 3. The SMILES string of the molecule is N[C@@H](CS)C(=O)N1CCC[C@H]1C(=O)NCC(=O)N1CCC[C@H]1C(=O)N1CCC[C@H]1C(=O)NCC(=O)N1CCC[C@H]1C(=O)N1CCC[C@H]1C(=O)NCC(=O)O. The van der Waals surface area contributed by atoms with E-state index >= 15 is 0 Å². The van der Waals surface area contributed by atoms with Crippen LogP contribution in [0.5, 0.6) is 0 Å². The standard InChI is InChI=1S/C34H51N9O10S/c35-20(19-54)32(51)41-13-1-6-21(41)29(48)36-16-26(44)39-11-4-9-24(39)33(52)42-14-2-7-22(42)30(49)37-17-27(45)40-12-5-10-25(40)34(53)43-15-3-8-23(43)31(50)38-18-28(46)47/h20-25,54H,1-19,35H2,(H,36,48)(H,37,49)(H,38,50)(H,46,47)/t20-,21-,22-,23-,24-,25-/m0/s1. The molecule has 0 radical (unpaired) electrons. The summed E-state index contributed by atoms with van der Waals surface area (Å²) < 4.78 is 0. The molecule has 298 valence electrons. The topological polar surface area (TPSA) is 252 Å². The second-order valence-electron chi connectivity index (χ2n) is 14.4. The van der Waals surface area contributed by atoms with Crippen LogP contribution in [-0.2, 0) is 43.2 Å². The smallest absolute Gasteiger partial charge is 0.322 e. The van der Waals surface area contributed by atoms with E-state index in [4.69, 9.17) is 10.8 Å². The van der Waals surface area contributed by atoms with Crippen molar-refractivity contribution in [2.24, 2.45) is 5.73 Å². The molecule has 0 spiro atoms. The Hall–Kier alpha value is -4.46. The van der Waals surface area contributed by atoms with Crippen LogP contribution in [0.25, 0.3) is 0 Å². The first-order valence-electron chi connectivity index (χ1n) is 18.8. The second-order valence-corrected chi connectivity index (χ2v) is 14.8. The van der Waals surface area contributed by atoms with E-state index < -0.39 is 90.8 Å². The maximum absolute atomic E-state index is 13.8. The molecule has 20 heteroatoms. The third-order valence-electron chi connectivity index (χ3n) is 11.0. The summed E-state index contributed by atoms with van der Waals surface area (Å²) in [5.74, 6) is -4.72. The van der Waals surface area contributed by atoms with Gasteiger partial charge in [-0.2, -0.15) is 12.6 Å². The summed E-state index contributed by atoms with van der Waals surface area (Å²) in [5, 5.41) is 16.5. The average Bonchev–Trinajstić information content (AvgIpc) is 4.01. The molecule has 0 aromatic heterocycles. The molecular formula is C34H51N9O10S. The first-order chi connectivity index (χ1) is 25.8. The number of carbonyl (C=O) groups excluding carboxylic acids is 8. The van der Waals surface area contributed by atoms with Crippen molar-refractivity contribution in [3.8, 4) is 0 Å². The van der Waals surface area contributed by atoms with Crippen molar-refractivity contribution in [1.82, 2.24) is 40.4 Å². The van der Waals surface area contributed by atoms with Gasteiger partial charge in [-0.3, -0.25) is 43.2 Å². The maximum atomic E-state index is 13.8. The summed E-state index contributed by atoms with van der Waals surface area (Å²) in [5.41, 5.74) is 5.83. The Morgan fingerprint density at radius 3 is 1.26 bits per heavy atom. The molecule has 0 aromatic carbocycles. The van der Waals surface area contributed by atoms with Crippen LogP contribution in [0.15, 0.2) is 0 Å². The highest BCUT2D eigenvalue weighted by molar-refractivity contribution is 7.80. The quantitative estimate of drug-likeness (QED) is 0.101. The van der Waals surface area contributed by atoms with E-state index in [0.29, 0.717) is 90.4 Å². The van der Waals surface area contributed by atoms with Gasteiger partial charge in [0.15, 0.2) is 0 Å². The number of aliphatic carboxylic acids is 1. The van der Waals surface area contributed by atoms with Gasteiger partial charge in [0.25, 0.3) is 0 Å². The van der Waals surface area contributed by atoms with Crippen LogP contribution >= 0.6 is 12.6 Å². The lowest BCUT2D eigenvalue weighted by Crippen LogP contribution is -2.56. The van der Waals surface area contributed by atoms with Gasteiger partial charge < -0.3 is 51.3 Å². The number of amides is 8. The normalized spacial score (nSPS) is 25.8. The fraction of sp³-hybridized carbons (Fsp3) is 0.735. The number of hydrogen-bond acceptors (Lipinski definition) is 11. The summed E-state index contributed by atoms with van der Waals surface area (Å²) >= 11 is 4.07. The third-order valence-corrected chi connectivity index (χ3v) is 11.4. The molecule has 6 N–H and O–H groups in total. The average molecular weight is 778 g/mol. The minimum Gasteiger partial charge on any atom is -0.480 e. The summed E-state index contributed by atoms with van der Waals surface area (Å²) in [4.78, 5) is 123. The maximum Gasteiger partial charge on any atom is 0.322 e. The summed E-state index contributed by atoms with van der Waals surface area (Å²) in [6.45, 7) is 0.239. The first-order valence-corrected chi connectivity index (χ1v) is 19.4. The van der Waals surface area contributed by atoms with Gasteiger partial charge in [0.2, 0.25) is 47.3 Å². The highest BCUT2D eigenvalue weighted by Crippen LogP contribution is 2.27. The number of nitrogens with two attached hydrogens (primary N) is 1. The van der Waals surface area contributed by atoms with Crippen LogP contribution in [0.1, 0.15) is 64.2 Å². The lowest BCUT2D eigenvalue weighted by atomic mass is 10.1. The lowest BCUT2D eigenvalue weighted by Gasteiger charge is -2.32. The van der Waals surface area contributed by atoms with Crippen LogP contribution in [0, 0.1) is 0 Å². The van der Waals surface area contributed by atoms with E-state index in [1.165, 1.54) is 24.5 Å². The Morgan fingerprint density at radius 2 is 0.870 bits per heavy atom. The van der Waals surface area contributed by atoms with E-state index in [2.05, 4.69) is 28.6 Å². The predicted molar refractivity (Wildman–Crippen MR) is 192 cm³/mol. The van der Waals surface area contributed by atoms with E-state index in [0.717, 1.165) is 0 Å². The molecule has 5 saturated heterocycles. The lowest BCUT2D eigenvalue weighted by molar-refractivity contribution is -0.148. The van der Waals surface area contributed by atoms with Crippen molar-refractivity contribution in [3.63, 3.8) is 0 Å². The Bertz CT molecular complexity index is 1520. The molecule has 19 nitrogen and oxygen atoms in total. The number of carboxylic acid groups (broad SMARTS) is 1. The van der Waals surface area contributed by atoms with E-state index in [-0.39, 0.29) is 30.7 Å². The highest BCUT2D eigenvalue weighted by atomic mass is 32.1. The zero-order valence-electron chi connectivity index (χ0n) is 30.3. The molecule has 5 rings (SSSR count). The number of carboxylic acids is 1. The molecule has 5 aliphatic heterocycles. The van der Waals surface area contributed by atoms with Gasteiger partial charge in [-0.1, -0.05) is 0 Å². The Labute approximate surface area is 318 Å². The van der Waals surface area contributed by atoms with E-state index in [1.807, 2.05) is 0 Å². The molecule has 0 unspecified atom stereocenters. The zero-order valence-corrected chi connectivity index (χ0v) is 31.2. The van der Waals surface area contributed by atoms with Crippen LogP contribution in [0.2, 0.25) is 0 Å². The molecule has 0 saturated carbocycles. The Morgan fingerprint density at radius 1 is 0.537 bits per heavy atom. The largest absolute Gasteiger partial charge is 0.480 e. The fourth-order valence-electron chi connectivity index (χ4n) is 8.27. The molecule has 54 heavy (non-hydrogen) atoms. The van der Waals surface area contributed by atoms with Gasteiger partial charge in [0.05, 0.1) is 19.1 Å².